The number of rotatable bonds is 4. The van der Waals surface area contributed by atoms with Crippen molar-refractivity contribution in [2.75, 3.05) is 20.1 Å². The molecule has 1 saturated heterocycles. The second kappa shape index (κ2) is 5.67. The number of carbonyl (C=O) groups excluding carboxylic acids is 1. The van der Waals surface area contributed by atoms with Crippen molar-refractivity contribution in [1.29, 1.82) is 0 Å². The van der Waals surface area contributed by atoms with Crippen LogP contribution < -0.4 is 5.32 Å². The molecule has 0 bridgehead atoms. The van der Waals surface area contributed by atoms with Gasteiger partial charge in [0.05, 0.1) is 0 Å². The Hall–Kier alpha value is -0.570. The van der Waals surface area contributed by atoms with Gasteiger partial charge in [-0.15, -0.1) is 0 Å². The standard InChI is InChI=1S/C13H24N2O/c1-14-12(11-6-2-3-7-11)10-15-9-5-4-8-13(15)16/h11-12,14H,2-10H2,1H3. The third-order valence-electron chi connectivity index (χ3n) is 4.18. The predicted octanol–water partition coefficient (Wildman–Crippen LogP) is 1.78. The number of likely N-dealkylation sites (tertiary alicyclic amines) is 1. The van der Waals surface area contributed by atoms with Gasteiger partial charge in [-0.25, -0.2) is 0 Å². The van der Waals surface area contributed by atoms with E-state index in [2.05, 4.69) is 10.2 Å². The van der Waals surface area contributed by atoms with E-state index in [1.165, 1.54) is 32.1 Å². The van der Waals surface area contributed by atoms with Gasteiger partial charge in [0, 0.05) is 25.6 Å². The molecule has 1 unspecified atom stereocenters. The lowest BCUT2D eigenvalue weighted by atomic mass is 9.97. The maximum absolute atomic E-state index is 11.8. The fourth-order valence-corrected chi connectivity index (χ4v) is 3.13. The highest BCUT2D eigenvalue weighted by molar-refractivity contribution is 5.76. The van der Waals surface area contributed by atoms with Crippen LogP contribution in [0.1, 0.15) is 44.9 Å². The van der Waals surface area contributed by atoms with E-state index in [4.69, 9.17) is 0 Å². The first-order chi connectivity index (χ1) is 7.81. The molecule has 0 aromatic rings. The van der Waals surface area contributed by atoms with Crippen molar-refractivity contribution >= 4 is 5.91 Å². The van der Waals surface area contributed by atoms with E-state index in [1.54, 1.807) is 0 Å². The third kappa shape index (κ3) is 2.76. The van der Waals surface area contributed by atoms with Crippen LogP contribution in [-0.4, -0.2) is 37.0 Å². The lowest BCUT2D eigenvalue weighted by Gasteiger charge is -2.33. The summed E-state index contributed by atoms with van der Waals surface area (Å²) in [6.07, 6.45) is 8.46. The summed E-state index contributed by atoms with van der Waals surface area (Å²) in [6.45, 7) is 1.91. The number of nitrogens with one attached hydrogen (secondary N) is 1. The number of piperidine rings is 1. The van der Waals surface area contributed by atoms with Gasteiger partial charge in [-0.05, 0) is 38.6 Å². The number of amides is 1. The largest absolute Gasteiger partial charge is 0.341 e. The van der Waals surface area contributed by atoms with Crippen LogP contribution in [0.25, 0.3) is 0 Å². The minimum absolute atomic E-state index is 0.365. The van der Waals surface area contributed by atoms with Crippen LogP contribution in [0.2, 0.25) is 0 Å². The van der Waals surface area contributed by atoms with Crippen LogP contribution >= 0.6 is 0 Å². The molecular formula is C13H24N2O. The molecule has 1 atom stereocenters. The fourth-order valence-electron chi connectivity index (χ4n) is 3.13. The number of hydrogen-bond acceptors (Lipinski definition) is 2. The Kier molecular flexibility index (Phi) is 4.22. The molecule has 2 fully saturated rings. The number of hydrogen-bond donors (Lipinski definition) is 1. The third-order valence-corrected chi connectivity index (χ3v) is 4.18. The molecule has 0 aromatic carbocycles. The summed E-state index contributed by atoms with van der Waals surface area (Å²) in [5.74, 6) is 1.16. The van der Waals surface area contributed by atoms with Gasteiger partial charge in [0.25, 0.3) is 0 Å². The molecule has 0 aromatic heterocycles. The van der Waals surface area contributed by atoms with E-state index in [9.17, 15) is 4.79 Å². The Morgan fingerprint density at radius 1 is 1.31 bits per heavy atom. The van der Waals surface area contributed by atoms with Crippen molar-refractivity contribution in [3.05, 3.63) is 0 Å². The van der Waals surface area contributed by atoms with Gasteiger partial charge in [-0.3, -0.25) is 4.79 Å². The number of nitrogens with zero attached hydrogens (tertiary/aromatic N) is 1. The molecule has 0 radical (unpaired) electrons. The topological polar surface area (TPSA) is 32.3 Å². The summed E-state index contributed by atoms with van der Waals surface area (Å²) in [7, 11) is 2.04. The van der Waals surface area contributed by atoms with Gasteiger partial charge in [0.15, 0.2) is 0 Å². The van der Waals surface area contributed by atoms with Crippen molar-refractivity contribution in [2.24, 2.45) is 5.92 Å². The zero-order valence-electron chi connectivity index (χ0n) is 10.4. The van der Waals surface area contributed by atoms with E-state index < -0.39 is 0 Å². The van der Waals surface area contributed by atoms with E-state index in [1.807, 2.05) is 7.05 Å². The predicted molar refractivity (Wildman–Crippen MR) is 65.2 cm³/mol. The van der Waals surface area contributed by atoms with E-state index in [0.29, 0.717) is 11.9 Å². The van der Waals surface area contributed by atoms with Gasteiger partial charge in [-0.1, -0.05) is 12.8 Å². The van der Waals surface area contributed by atoms with Gasteiger partial charge in [-0.2, -0.15) is 0 Å². The Labute approximate surface area is 98.6 Å². The number of likely N-dealkylation sites (N-methyl/N-ethyl adjacent to an activating group) is 1. The summed E-state index contributed by atoms with van der Waals surface area (Å²) >= 11 is 0. The van der Waals surface area contributed by atoms with Crippen LogP contribution in [0.3, 0.4) is 0 Å². The average Bonchev–Trinajstić information content (AvgIpc) is 2.81. The molecule has 0 spiro atoms. The Balaban J connectivity index is 1.87. The molecule has 3 nitrogen and oxygen atoms in total. The summed E-state index contributed by atoms with van der Waals surface area (Å²) in [5, 5.41) is 3.42. The van der Waals surface area contributed by atoms with Crippen LogP contribution in [0, 0.1) is 5.92 Å². The molecule has 2 aliphatic rings. The van der Waals surface area contributed by atoms with Crippen molar-refractivity contribution in [2.45, 2.75) is 51.0 Å². The lowest BCUT2D eigenvalue weighted by molar-refractivity contribution is -0.133. The smallest absolute Gasteiger partial charge is 0.222 e. The quantitative estimate of drug-likeness (QED) is 0.789. The van der Waals surface area contributed by atoms with Crippen LogP contribution in [0.15, 0.2) is 0 Å². The Bertz CT molecular complexity index is 236. The van der Waals surface area contributed by atoms with Gasteiger partial charge in [0.1, 0.15) is 0 Å². The maximum Gasteiger partial charge on any atom is 0.222 e. The summed E-state index contributed by atoms with van der Waals surface area (Å²) in [4.78, 5) is 13.8. The van der Waals surface area contributed by atoms with E-state index in [-0.39, 0.29) is 0 Å². The fraction of sp³-hybridized carbons (Fsp3) is 0.923. The first-order valence-electron chi connectivity index (χ1n) is 6.76. The second-order valence-electron chi connectivity index (χ2n) is 5.24. The van der Waals surface area contributed by atoms with Crippen LogP contribution in [-0.2, 0) is 4.79 Å². The van der Waals surface area contributed by atoms with Crippen LogP contribution in [0.4, 0.5) is 0 Å². The molecule has 1 aliphatic heterocycles. The molecule has 1 aliphatic carbocycles. The summed E-state index contributed by atoms with van der Waals surface area (Å²) < 4.78 is 0. The Morgan fingerprint density at radius 3 is 2.69 bits per heavy atom. The molecule has 1 amide bonds. The highest BCUT2D eigenvalue weighted by atomic mass is 16.2. The lowest BCUT2D eigenvalue weighted by Crippen LogP contribution is -2.47. The zero-order chi connectivity index (χ0) is 11.4. The van der Waals surface area contributed by atoms with E-state index >= 15 is 0 Å². The molecule has 1 saturated carbocycles. The van der Waals surface area contributed by atoms with Crippen molar-refractivity contribution in [3.8, 4) is 0 Å². The minimum Gasteiger partial charge on any atom is -0.341 e. The Morgan fingerprint density at radius 2 is 2.06 bits per heavy atom. The summed E-state index contributed by atoms with van der Waals surface area (Å²) in [5.41, 5.74) is 0. The van der Waals surface area contributed by atoms with E-state index in [0.717, 1.165) is 31.8 Å². The van der Waals surface area contributed by atoms with Crippen molar-refractivity contribution in [1.82, 2.24) is 10.2 Å². The minimum atomic E-state index is 0.365. The highest BCUT2D eigenvalue weighted by Crippen LogP contribution is 2.28. The first-order valence-corrected chi connectivity index (χ1v) is 6.76. The van der Waals surface area contributed by atoms with Crippen LogP contribution in [0.5, 0.6) is 0 Å². The van der Waals surface area contributed by atoms with Gasteiger partial charge in [0.2, 0.25) is 5.91 Å². The zero-order valence-corrected chi connectivity index (χ0v) is 10.4. The van der Waals surface area contributed by atoms with Crippen molar-refractivity contribution < 1.29 is 4.79 Å². The molecule has 3 heteroatoms. The van der Waals surface area contributed by atoms with Gasteiger partial charge < -0.3 is 10.2 Å². The summed E-state index contributed by atoms with van der Waals surface area (Å²) in [6, 6.07) is 0.518. The second-order valence-corrected chi connectivity index (χ2v) is 5.24. The molecule has 92 valence electrons. The highest BCUT2D eigenvalue weighted by Gasteiger charge is 2.27. The number of carbonyl (C=O) groups is 1. The average molecular weight is 224 g/mol. The SMILES string of the molecule is CNC(CN1CCCCC1=O)C1CCCC1. The maximum atomic E-state index is 11.8. The normalized spacial score (nSPS) is 25.1. The molecule has 2 rings (SSSR count). The first kappa shape index (κ1) is 11.9. The van der Waals surface area contributed by atoms with Gasteiger partial charge >= 0.3 is 0 Å². The molecule has 16 heavy (non-hydrogen) atoms. The molecule has 1 N–H and O–H groups in total. The molecular weight excluding hydrogens is 200 g/mol. The monoisotopic (exact) mass is 224 g/mol. The van der Waals surface area contributed by atoms with Crippen molar-refractivity contribution in [3.63, 3.8) is 0 Å². The molecule has 1 heterocycles.